The van der Waals surface area contributed by atoms with Crippen molar-refractivity contribution < 1.29 is 9.59 Å². The van der Waals surface area contributed by atoms with Gasteiger partial charge in [0.15, 0.2) is 0 Å². The maximum absolute atomic E-state index is 12.1. The van der Waals surface area contributed by atoms with Crippen LogP contribution >= 0.6 is 0 Å². The molecule has 1 aromatic carbocycles. The van der Waals surface area contributed by atoms with Crippen molar-refractivity contribution in [3.63, 3.8) is 0 Å². The Bertz CT molecular complexity index is 496. The lowest BCUT2D eigenvalue weighted by molar-refractivity contribution is -0.120. The third kappa shape index (κ3) is 3.17. The predicted molar refractivity (Wildman–Crippen MR) is 78.7 cm³/mol. The van der Waals surface area contributed by atoms with E-state index in [2.05, 4.69) is 10.6 Å². The first-order chi connectivity index (χ1) is 9.49. The van der Waals surface area contributed by atoms with E-state index in [0.717, 1.165) is 18.7 Å². The highest BCUT2D eigenvalue weighted by Gasteiger charge is 2.29. The van der Waals surface area contributed by atoms with Gasteiger partial charge in [0, 0.05) is 31.4 Å². The molecule has 0 saturated carbocycles. The van der Waals surface area contributed by atoms with E-state index < -0.39 is 0 Å². The van der Waals surface area contributed by atoms with Crippen LogP contribution in [0.5, 0.6) is 0 Å². The van der Waals surface area contributed by atoms with E-state index in [1.165, 1.54) is 4.90 Å². The Hall–Kier alpha value is -1.88. The molecule has 1 saturated heterocycles. The summed E-state index contributed by atoms with van der Waals surface area (Å²) in [6, 6.07) is 7.20. The van der Waals surface area contributed by atoms with Crippen molar-refractivity contribution in [2.24, 2.45) is 5.92 Å². The molecular weight excluding hydrogens is 254 g/mol. The Balaban J connectivity index is 2.00. The van der Waals surface area contributed by atoms with Crippen molar-refractivity contribution in [2.45, 2.75) is 19.4 Å². The summed E-state index contributed by atoms with van der Waals surface area (Å²) in [4.78, 5) is 25.4. The highest BCUT2D eigenvalue weighted by Crippen LogP contribution is 2.18. The summed E-state index contributed by atoms with van der Waals surface area (Å²) in [6.07, 6.45) is 0.865. The second-order valence-electron chi connectivity index (χ2n) is 5.40. The third-order valence-corrected chi connectivity index (χ3v) is 3.67. The van der Waals surface area contributed by atoms with E-state index in [9.17, 15) is 9.59 Å². The highest BCUT2D eigenvalue weighted by atomic mass is 16.2. The molecule has 1 fully saturated rings. The molecule has 2 rings (SSSR count). The Morgan fingerprint density at radius 1 is 1.25 bits per heavy atom. The average Bonchev–Trinajstić information content (AvgIpc) is 2.85. The van der Waals surface area contributed by atoms with Gasteiger partial charge in [0.05, 0.1) is 5.92 Å². The van der Waals surface area contributed by atoms with Crippen LogP contribution in [0.15, 0.2) is 24.3 Å². The molecule has 2 amide bonds. The third-order valence-electron chi connectivity index (χ3n) is 3.67. The van der Waals surface area contributed by atoms with E-state index in [1.54, 1.807) is 38.4 Å². The molecule has 1 aromatic rings. The summed E-state index contributed by atoms with van der Waals surface area (Å²) in [5.41, 5.74) is 1.34. The summed E-state index contributed by atoms with van der Waals surface area (Å²) < 4.78 is 0. The number of rotatable bonds is 3. The SMILES string of the molecule is CC1NCCC1C(=O)Nc1ccc(C(=O)N(C)C)cc1. The van der Waals surface area contributed by atoms with E-state index in [4.69, 9.17) is 0 Å². The first-order valence-electron chi connectivity index (χ1n) is 6.85. The first-order valence-corrected chi connectivity index (χ1v) is 6.85. The average molecular weight is 275 g/mol. The topological polar surface area (TPSA) is 61.4 Å². The van der Waals surface area contributed by atoms with Gasteiger partial charge >= 0.3 is 0 Å². The number of hydrogen-bond acceptors (Lipinski definition) is 3. The van der Waals surface area contributed by atoms with E-state index >= 15 is 0 Å². The fraction of sp³-hybridized carbons (Fsp3) is 0.467. The van der Waals surface area contributed by atoms with Crippen LogP contribution in [0.1, 0.15) is 23.7 Å². The van der Waals surface area contributed by atoms with Gasteiger partial charge in [0.1, 0.15) is 0 Å². The Morgan fingerprint density at radius 3 is 2.40 bits per heavy atom. The fourth-order valence-corrected chi connectivity index (χ4v) is 2.41. The molecule has 1 heterocycles. The molecule has 0 spiro atoms. The largest absolute Gasteiger partial charge is 0.345 e. The molecule has 5 heteroatoms. The van der Waals surface area contributed by atoms with Gasteiger partial charge in [-0.3, -0.25) is 9.59 Å². The zero-order chi connectivity index (χ0) is 14.7. The number of benzene rings is 1. The summed E-state index contributed by atoms with van der Waals surface area (Å²) in [7, 11) is 3.43. The van der Waals surface area contributed by atoms with Crippen LogP contribution < -0.4 is 10.6 Å². The molecule has 0 bridgehead atoms. The van der Waals surface area contributed by atoms with Gasteiger partial charge in [-0.2, -0.15) is 0 Å². The molecule has 20 heavy (non-hydrogen) atoms. The van der Waals surface area contributed by atoms with Gasteiger partial charge in [-0.1, -0.05) is 0 Å². The van der Waals surface area contributed by atoms with Crippen LogP contribution in [-0.4, -0.2) is 43.4 Å². The molecular formula is C15H21N3O2. The van der Waals surface area contributed by atoms with Gasteiger partial charge < -0.3 is 15.5 Å². The van der Waals surface area contributed by atoms with Crippen molar-refractivity contribution in [2.75, 3.05) is 26.0 Å². The molecule has 2 N–H and O–H groups in total. The normalized spacial score (nSPS) is 21.6. The van der Waals surface area contributed by atoms with Crippen LogP contribution in [0.3, 0.4) is 0 Å². The highest BCUT2D eigenvalue weighted by molar-refractivity contribution is 5.96. The maximum atomic E-state index is 12.1. The second kappa shape index (κ2) is 6.05. The van der Waals surface area contributed by atoms with Crippen molar-refractivity contribution in [1.29, 1.82) is 0 Å². The maximum Gasteiger partial charge on any atom is 0.253 e. The van der Waals surface area contributed by atoms with Crippen LogP contribution in [0.4, 0.5) is 5.69 Å². The summed E-state index contributed by atoms with van der Waals surface area (Å²) in [5, 5.41) is 6.17. The molecule has 0 aliphatic carbocycles. The predicted octanol–water partition coefficient (Wildman–Crippen LogP) is 1.32. The quantitative estimate of drug-likeness (QED) is 0.874. The van der Waals surface area contributed by atoms with Crippen LogP contribution in [-0.2, 0) is 4.79 Å². The number of nitrogens with zero attached hydrogens (tertiary/aromatic N) is 1. The summed E-state index contributed by atoms with van der Waals surface area (Å²) >= 11 is 0. The van der Waals surface area contributed by atoms with Gasteiger partial charge in [-0.05, 0) is 44.2 Å². The first kappa shape index (κ1) is 14.5. The van der Waals surface area contributed by atoms with E-state index in [0.29, 0.717) is 5.56 Å². The Labute approximate surface area is 119 Å². The minimum atomic E-state index is -0.0449. The van der Waals surface area contributed by atoms with Crippen LogP contribution in [0, 0.1) is 5.92 Å². The van der Waals surface area contributed by atoms with Gasteiger partial charge in [-0.25, -0.2) is 0 Å². The lowest BCUT2D eigenvalue weighted by Gasteiger charge is -2.15. The monoisotopic (exact) mass is 275 g/mol. The smallest absolute Gasteiger partial charge is 0.253 e. The standard InChI is InChI=1S/C15H21N3O2/c1-10-13(8-9-16-10)14(19)17-12-6-4-11(5-7-12)15(20)18(2)3/h4-7,10,13,16H,8-9H2,1-3H3,(H,17,19). The minimum absolute atomic E-state index is 0.0121. The fourth-order valence-electron chi connectivity index (χ4n) is 2.41. The molecule has 108 valence electrons. The lowest BCUT2D eigenvalue weighted by Crippen LogP contribution is -2.32. The van der Waals surface area contributed by atoms with Crippen molar-refractivity contribution in [3.8, 4) is 0 Å². The van der Waals surface area contributed by atoms with Crippen LogP contribution in [0.25, 0.3) is 0 Å². The van der Waals surface area contributed by atoms with Gasteiger partial charge in [0.2, 0.25) is 5.91 Å². The zero-order valence-corrected chi connectivity index (χ0v) is 12.1. The number of nitrogens with one attached hydrogen (secondary N) is 2. The van der Waals surface area contributed by atoms with E-state index in [1.807, 2.05) is 6.92 Å². The number of amides is 2. The number of carbonyl (C=O) groups is 2. The van der Waals surface area contributed by atoms with Crippen LogP contribution in [0.2, 0.25) is 0 Å². The molecule has 5 nitrogen and oxygen atoms in total. The summed E-state index contributed by atoms with van der Waals surface area (Å²) in [6.45, 7) is 2.91. The molecule has 0 aromatic heterocycles. The second-order valence-corrected chi connectivity index (χ2v) is 5.40. The van der Waals surface area contributed by atoms with E-state index in [-0.39, 0.29) is 23.8 Å². The van der Waals surface area contributed by atoms with Crippen molar-refractivity contribution >= 4 is 17.5 Å². The molecule has 2 atom stereocenters. The van der Waals surface area contributed by atoms with Gasteiger partial charge in [-0.15, -0.1) is 0 Å². The Kier molecular flexibility index (Phi) is 4.39. The van der Waals surface area contributed by atoms with Crippen molar-refractivity contribution in [1.82, 2.24) is 10.2 Å². The molecule has 0 radical (unpaired) electrons. The minimum Gasteiger partial charge on any atom is -0.345 e. The molecule has 1 aliphatic rings. The zero-order valence-electron chi connectivity index (χ0n) is 12.1. The summed E-state index contributed by atoms with van der Waals surface area (Å²) in [5.74, 6) is 0.00348. The molecule has 2 unspecified atom stereocenters. The number of anilines is 1. The number of hydrogen-bond donors (Lipinski definition) is 2. The molecule has 1 aliphatic heterocycles. The van der Waals surface area contributed by atoms with Gasteiger partial charge in [0.25, 0.3) is 5.91 Å². The number of carbonyl (C=O) groups excluding carboxylic acids is 2. The lowest BCUT2D eigenvalue weighted by atomic mass is 10.0. The Morgan fingerprint density at radius 2 is 1.90 bits per heavy atom. The van der Waals surface area contributed by atoms with Crippen molar-refractivity contribution in [3.05, 3.63) is 29.8 Å².